The molecular weight excluding hydrogens is 214 g/mol. The molecule has 0 bridgehead atoms. The lowest BCUT2D eigenvalue weighted by Gasteiger charge is -2.13. The van der Waals surface area contributed by atoms with Crippen LogP contribution in [-0.2, 0) is 6.54 Å². The van der Waals surface area contributed by atoms with Crippen molar-refractivity contribution in [3.63, 3.8) is 0 Å². The highest BCUT2D eigenvalue weighted by molar-refractivity contribution is 7.98. The lowest BCUT2D eigenvalue weighted by Crippen LogP contribution is -2.20. The molecule has 0 aliphatic carbocycles. The molecule has 1 heterocycles. The molecule has 0 saturated carbocycles. The Morgan fingerprint density at radius 1 is 1.60 bits per heavy atom. The van der Waals surface area contributed by atoms with Crippen molar-refractivity contribution < 1.29 is 14.3 Å². The highest BCUT2D eigenvalue weighted by Crippen LogP contribution is 2.10. The first-order chi connectivity index (χ1) is 7.13. The summed E-state index contributed by atoms with van der Waals surface area (Å²) < 4.78 is 5.15. The van der Waals surface area contributed by atoms with Crippen LogP contribution in [0.1, 0.15) is 16.3 Å². The van der Waals surface area contributed by atoms with Gasteiger partial charge in [0, 0.05) is 12.3 Å². The van der Waals surface area contributed by atoms with Crippen LogP contribution in [0.15, 0.2) is 16.5 Å². The van der Waals surface area contributed by atoms with Crippen LogP contribution in [-0.4, -0.2) is 41.6 Å². The van der Waals surface area contributed by atoms with Crippen LogP contribution in [0, 0.1) is 0 Å². The minimum Gasteiger partial charge on any atom is -0.475 e. The summed E-state index contributed by atoms with van der Waals surface area (Å²) in [4.78, 5) is 12.7. The van der Waals surface area contributed by atoms with E-state index in [2.05, 4.69) is 11.2 Å². The second-order valence-electron chi connectivity index (χ2n) is 3.30. The van der Waals surface area contributed by atoms with Crippen LogP contribution in [0.5, 0.6) is 0 Å². The molecule has 5 heteroatoms. The maximum Gasteiger partial charge on any atom is 0.371 e. The predicted molar refractivity (Wildman–Crippen MR) is 60.4 cm³/mol. The molecule has 4 nitrogen and oxygen atoms in total. The van der Waals surface area contributed by atoms with E-state index < -0.39 is 5.97 Å². The zero-order valence-electron chi connectivity index (χ0n) is 8.90. The maximum absolute atomic E-state index is 10.6. The molecule has 0 spiro atoms. The Morgan fingerprint density at radius 2 is 2.33 bits per heavy atom. The van der Waals surface area contributed by atoms with Gasteiger partial charge in [0.25, 0.3) is 0 Å². The molecule has 84 valence electrons. The van der Waals surface area contributed by atoms with Gasteiger partial charge in [-0.3, -0.25) is 4.90 Å². The SMILES string of the molecule is CSCCN(C)Cc1ccc(C(=O)O)o1. The number of rotatable bonds is 6. The molecule has 1 aromatic heterocycles. The molecule has 15 heavy (non-hydrogen) atoms. The van der Waals surface area contributed by atoms with Crippen molar-refractivity contribution in [1.29, 1.82) is 0 Å². The zero-order chi connectivity index (χ0) is 11.3. The Hall–Kier alpha value is -0.940. The number of hydrogen-bond donors (Lipinski definition) is 1. The van der Waals surface area contributed by atoms with Gasteiger partial charge in [0.2, 0.25) is 5.76 Å². The number of hydrogen-bond acceptors (Lipinski definition) is 4. The average Bonchev–Trinajstić information content (AvgIpc) is 2.63. The third kappa shape index (κ3) is 3.97. The molecule has 0 atom stereocenters. The summed E-state index contributed by atoms with van der Waals surface area (Å²) in [6.07, 6.45) is 2.06. The topological polar surface area (TPSA) is 53.7 Å². The van der Waals surface area contributed by atoms with Gasteiger partial charge in [-0.1, -0.05) is 0 Å². The summed E-state index contributed by atoms with van der Waals surface area (Å²) in [7, 11) is 1.99. The fourth-order valence-corrected chi connectivity index (χ4v) is 1.66. The van der Waals surface area contributed by atoms with Gasteiger partial charge < -0.3 is 9.52 Å². The largest absolute Gasteiger partial charge is 0.475 e. The normalized spacial score (nSPS) is 10.9. The lowest BCUT2D eigenvalue weighted by molar-refractivity contribution is 0.0659. The van der Waals surface area contributed by atoms with E-state index in [-0.39, 0.29) is 5.76 Å². The highest BCUT2D eigenvalue weighted by atomic mass is 32.2. The van der Waals surface area contributed by atoms with Crippen molar-refractivity contribution in [2.75, 3.05) is 25.6 Å². The van der Waals surface area contributed by atoms with E-state index in [1.165, 1.54) is 6.07 Å². The fraction of sp³-hybridized carbons (Fsp3) is 0.500. The first kappa shape index (κ1) is 12.1. The molecule has 0 aliphatic heterocycles. The first-order valence-electron chi connectivity index (χ1n) is 4.63. The van der Waals surface area contributed by atoms with Crippen LogP contribution < -0.4 is 0 Å². The van der Waals surface area contributed by atoms with Crippen molar-refractivity contribution in [2.45, 2.75) is 6.54 Å². The minimum atomic E-state index is -1.02. The maximum atomic E-state index is 10.6. The van der Waals surface area contributed by atoms with Gasteiger partial charge in [0.1, 0.15) is 5.76 Å². The van der Waals surface area contributed by atoms with Crippen LogP contribution in [0.3, 0.4) is 0 Å². The van der Waals surface area contributed by atoms with Gasteiger partial charge in [0.15, 0.2) is 0 Å². The van der Waals surface area contributed by atoms with E-state index in [0.29, 0.717) is 12.3 Å². The Balaban J connectivity index is 2.46. The predicted octanol–water partition coefficient (Wildman–Crippen LogP) is 1.77. The van der Waals surface area contributed by atoms with Crippen molar-refractivity contribution in [1.82, 2.24) is 4.90 Å². The molecule has 0 aromatic carbocycles. The van der Waals surface area contributed by atoms with Gasteiger partial charge in [-0.25, -0.2) is 4.79 Å². The highest BCUT2D eigenvalue weighted by Gasteiger charge is 2.09. The van der Waals surface area contributed by atoms with Crippen LogP contribution in [0.25, 0.3) is 0 Å². The van der Waals surface area contributed by atoms with Crippen LogP contribution in [0.4, 0.5) is 0 Å². The number of aromatic carboxylic acids is 1. The smallest absolute Gasteiger partial charge is 0.371 e. The van der Waals surface area contributed by atoms with Crippen molar-refractivity contribution in [3.8, 4) is 0 Å². The third-order valence-electron chi connectivity index (χ3n) is 1.98. The summed E-state index contributed by atoms with van der Waals surface area (Å²) >= 11 is 1.78. The van der Waals surface area contributed by atoms with E-state index in [0.717, 1.165) is 12.3 Å². The number of nitrogens with zero attached hydrogens (tertiary/aromatic N) is 1. The van der Waals surface area contributed by atoms with Crippen LogP contribution in [0.2, 0.25) is 0 Å². The molecule has 1 aromatic rings. The summed E-state index contributed by atoms with van der Waals surface area (Å²) in [6, 6.07) is 3.19. The van der Waals surface area contributed by atoms with Gasteiger partial charge >= 0.3 is 5.97 Å². The van der Waals surface area contributed by atoms with Gasteiger partial charge in [-0.2, -0.15) is 11.8 Å². The molecule has 1 N–H and O–H groups in total. The van der Waals surface area contributed by atoms with Crippen molar-refractivity contribution in [2.24, 2.45) is 0 Å². The third-order valence-corrected chi connectivity index (χ3v) is 2.57. The molecule has 0 amide bonds. The molecule has 0 saturated heterocycles. The van der Waals surface area contributed by atoms with Crippen molar-refractivity contribution >= 4 is 17.7 Å². The molecule has 0 fully saturated rings. The summed E-state index contributed by atoms with van der Waals surface area (Å²) in [5, 5.41) is 8.66. The quantitative estimate of drug-likeness (QED) is 0.805. The molecule has 0 unspecified atom stereocenters. The lowest BCUT2D eigenvalue weighted by atomic mass is 10.4. The Morgan fingerprint density at radius 3 is 2.87 bits per heavy atom. The molecule has 0 aliphatic rings. The van der Waals surface area contributed by atoms with Crippen molar-refractivity contribution in [3.05, 3.63) is 23.7 Å². The molecular formula is C10H15NO3S. The van der Waals surface area contributed by atoms with E-state index in [1.54, 1.807) is 17.8 Å². The summed E-state index contributed by atoms with van der Waals surface area (Å²) in [5.41, 5.74) is 0. The second kappa shape index (κ2) is 5.82. The Labute approximate surface area is 93.3 Å². The summed E-state index contributed by atoms with van der Waals surface area (Å²) in [5.74, 6) is 0.732. The van der Waals surface area contributed by atoms with E-state index >= 15 is 0 Å². The number of carboxylic acids is 1. The molecule has 1 rings (SSSR count). The average molecular weight is 229 g/mol. The van der Waals surface area contributed by atoms with E-state index in [4.69, 9.17) is 9.52 Å². The minimum absolute atomic E-state index is 0.00302. The Kier molecular flexibility index (Phi) is 4.71. The number of carboxylic acid groups (broad SMARTS) is 1. The van der Waals surface area contributed by atoms with Gasteiger partial charge in [0.05, 0.1) is 6.54 Å². The number of furan rings is 1. The van der Waals surface area contributed by atoms with Crippen LogP contribution >= 0.6 is 11.8 Å². The number of carbonyl (C=O) groups is 1. The Bertz CT molecular complexity index is 324. The standard InChI is InChI=1S/C10H15NO3S/c1-11(5-6-15-2)7-8-3-4-9(14-8)10(12)13/h3-4H,5-7H2,1-2H3,(H,12,13). The second-order valence-corrected chi connectivity index (χ2v) is 4.29. The van der Waals surface area contributed by atoms with Gasteiger partial charge in [-0.05, 0) is 25.4 Å². The zero-order valence-corrected chi connectivity index (χ0v) is 9.71. The fourth-order valence-electron chi connectivity index (χ4n) is 1.17. The molecule has 0 radical (unpaired) electrons. The van der Waals surface area contributed by atoms with E-state index in [1.807, 2.05) is 7.05 Å². The first-order valence-corrected chi connectivity index (χ1v) is 6.02. The van der Waals surface area contributed by atoms with Gasteiger partial charge in [-0.15, -0.1) is 0 Å². The summed E-state index contributed by atoms with van der Waals surface area (Å²) in [6.45, 7) is 1.61. The monoisotopic (exact) mass is 229 g/mol. The van der Waals surface area contributed by atoms with E-state index in [9.17, 15) is 4.79 Å². The number of thioether (sulfide) groups is 1.